The van der Waals surface area contributed by atoms with Gasteiger partial charge in [-0.25, -0.2) is 0 Å². The van der Waals surface area contributed by atoms with E-state index in [9.17, 15) is 22.8 Å². The van der Waals surface area contributed by atoms with Gasteiger partial charge in [0.15, 0.2) is 5.76 Å². The first kappa shape index (κ1) is 19.0. The zero-order valence-electron chi connectivity index (χ0n) is 14.6. The van der Waals surface area contributed by atoms with Crippen LogP contribution in [0.5, 0.6) is 0 Å². The van der Waals surface area contributed by atoms with Gasteiger partial charge in [0.25, 0.3) is 5.91 Å². The third-order valence-corrected chi connectivity index (χ3v) is 4.84. The molecule has 2 heterocycles. The molecule has 2 atom stereocenters. The van der Waals surface area contributed by atoms with Crippen LogP contribution in [0.15, 0.2) is 40.8 Å². The van der Waals surface area contributed by atoms with Crippen LogP contribution in [0.2, 0.25) is 0 Å². The van der Waals surface area contributed by atoms with Crippen LogP contribution < -0.4 is 5.73 Å². The number of primary amides is 1. The number of likely N-dealkylation sites (tertiary alicyclic amines) is 1. The minimum atomic E-state index is -4.46. The second-order valence-electron chi connectivity index (χ2n) is 6.73. The van der Waals surface area contributed by atoms with Crippen molar-refractivity contribution < 1.29 is 27.2 Å². The van der Waals surface area contributed by atoms with E-state index in [1.165, 1.54) is 29.2 Å². The summed E-state index contributed by atoms with van der Waals surface area (Å²) >= 11 is 0. The number of amides is 2. The number of hydrogen-bond acceptors (Lipinski definition) is 3. The molecule has 1 aromatic carbocycles. The Labute approximate surface area is 153 Å². The van der Waals surface area contributed by atoms with E-state index in [1.54, 1.807) is 0 Å². The molecule has 8 heteroatoms. The molecular formula is C19H19F3N2O3. The predicted molar refractivity (Wildman–Crippen MR) is 91.6 cm³/mol. The molecule has 0 radical (unpaired) electrons. The molecular weight excluding hydrogens is 361 g/mol. The van der Waals surface area contributed by atoms with Crippen LogP contribution in [0.4, 0.5) is 13.2 Å². The van der Waals surface area contributed by atoms with Crippen LogP contribution in [0.25, 0.3) is 11.3 Å². The summed E-state index contributed by atoms with van der Waals surface area (Å²) in [5, 5.41) is 0. The highest BCUT2D eigenvalue weighted by Crippen LogP contribution is 2.33. The number of carbonyl (C=O) groups is 2. The van der Waals surface area contributed by atoms with Gasteiger partial charge in [0.05, 0.1) is 11.5 Å². The van der Waals surface area contributed by atoms with Crippen molar-refractivity contribution in [3.63, 3.8) is 0 Å². The zero-order valence-corrected chi connectivity index (χ0v) is 14.6. The maximum absolute atomic E-state index is 12.9. The van der Waals surface area contributed by atoms with Crippen LogP contribution in [0, 0.1) is 5.92 Å². The standard InChI is InChI=1S/C19H19F3N2O3/c1-11-5-6-13(17(23)25)10-24(11)18(26)16-8-7-15(27-16)12-3-2-4-14(9-12)19(20,21)22/h2-4,7-9,11,13H,5-6,10H2,1H3,(H2,23,25)/t11-,13-/m0/s1. The summed E-state index contributed by atoms with van der Waals surface area (Å²) in [6.45, 7) is 2.07. The lowest BCUT2D eigenvalue weighted by Gasteiger charge is -2.36. The number of benzene rings is 1. The van der Waals surface area contributed by atoms with Crippen LogP contribution in [-0.4, -0.2) is 29.3 Å². The first-order valence-corrected chi connectivity index (χ1v) is 8.54. The van der Waals surface area contributed by atoms with Gasteiger partial charge in [-0.05, 0) is 44.0 Å². The number of rotatable bonds is 3. The normalized spacial score (nSPS) is 20.5. The molecule has 1 saturated heterocycles. The second-order valence-corrected chi connectivity index (χ2v) is 6.73. The van der Waals surface area contributed by atoms with Crippen molar-refractivity contribution >= 4 is 11.8 Å². The minimum Gasteiger partial charge on any atom is -0.451 e. The van der Waals surface area contributed by atoms with Gasteiger partial charge in [-0.15, -0.1) is 0 Å². The number of alkyl halides is 3. The molecule has 0 spiro atoms. The van der Waals surface area contributed by atoms with E-state index in [0.717, 1.165) is 12.1 Å². The van der Waals surface area contributed by atoms with E-state index < -0.39 is 29.5 Å². The number of halogens is 3. The van der Waals surface area contributed by atoms with Crippen LogP contribution >= 0.6 is 0 Å². The summed E-state index contributed by atoms with van der Waals surface area (Å²) in [6, 6.07) is 7.51. The van der Waals surface area contributed by atoms with Crippen molar-refractivity contribution in [2.45, 2.75) is 32.0 Å². The zero-order chi connectivity index (χ0) is 19.8. The Kier molecular flexibility index (Phi) is 4.99. The number of furan rings is 1. The van der Waals surface area contributed by atoms with E-state index in [-0.39, 0.29) is 29.7 Å². The smallest absolute Gasteiger partial charge is 0.416 e. The summed E-state index contributed by atoms with van der Waals surface area (Å²) in [7, 11) is 0. The first-order valence-electron chi connectivity index (χ1n) is 8.54. The van der Waals surface area contributed by atoms with Gasteiger partial charge in [-0.1, -0.05) is 12.1 Å². The molecule has 1 aromatic heterocycles. The summed E-state index contributed by atoms with van der Waals surface area (Å²) in [4.78, 5) is 25.7. The molecule has 1 aliphatic heterocycles. The fraction of sp³-hybridized carbons (Fsp3) is 0.368. The van der Waals surface area contributed by atoms with Crippen LogP contribution in [0.1, 0.15) is 35.9 Å². The van der Waals surface area contributed by atoms with Crippen molar-refractivity contribution in [1.82, 2.24) is 4.90 Å². The Hall–Kier alpha value is -2.77. The van der Waals surface area contributed by atoms with E-state index >= 15 is 0 Å². The third kappa shape index (κ3) is 3.99. The molecule has 2 amide bonds. The van der Waals surface area contributed by atoms with E-state index in [0.29, 0.717) is 12.8 Å². The number of nitrogens with two attached hydrogens (primary N) is 1. The quantitative estimate of drug-likeness (QED) is 0.882. The molecule has 5 nitrogen and oxygen atoms in total. The van der Waals surface area contributed by atoms with Crippen molar-refractivity contribution in [3.8, 4) is 11.3 Å². The van der Waals surface area contributed by atoms with Gasteiger partial charge in [-0.2, -0.15) is 13.2 Å². The SMILES string of the molecule is C[C@H]1CC[C@H](C(N)=O)CN1C(=O)c1ccc(-c2cccc(C(F)(F)F)c2)o1. The summed E-state index contributed by atoms with van der Waals surface area (Å²) in [5.74, 6) is -1.10. The van der Waals surface area contributed by atoms with E-state index in [2.05, 4.69) is 0 Å². The lowest BCUT2D eigenvalue weighted by molar-refractivity contribution is -0.137. The van der Waals surface area contributed by atoms with Crippen LogP contribution in [0.3, 0.4) is 0 Å². The summed E-state index contributed by atoms with van der Waals surface area (Å²) in [5.41, 5.74) is 4.78. The van der Waals surface area contributed by atoms with E-state index in [4.69, 9.17) is 10.2 Å². The monoisotopic (exact) mass is 380 g/mol. The maximum atomic E-state index is 12.9. The van der Waals surface area contributed by atoms with E-state index in [1.807, 2.05) is 6.92 Å². The molecule has 3 rings (SSSR count). The Balaban J connectivity index is 1.83. The molecule has 27 heavy (non-hydrogen) atoms. The number of carbonyl (C=O) groups excluding carboxylic acids is 2. The lowest BCUT2D eigenvalue weighted by atomic mass is 9.93. The van der Waals surface area contributed by atoms with Gasteiger partial charge >= 0.3 is 6.18 Å². The van der Waals surface area contributed by atoms with Gasteiger partial charge in [-0.3, -0.25) is 9.59 Å². The van der Waals surface area contributed by atoms with Crippen molar-refractivity contribution in [2.75, 3.05) is 6.54 Å². The number of piperidine rings is 1. The topological polar surface area (TPSA) is 76.5 Å². The molecule has 2 aromatic rings. The molecule has 1 fully saturated rings. The lowest BCUT2D eigenvalue weighted by Crippen LogP contribution is -2.48. The van der Waals surface area contributed by atoms with Crippen LogP contribution in [-0.2, 0) is 11.0 Å². The summed E-state index contributed by atoms with van der Waals surface area (Å²) < 4.78 is 44.1. The summed E-state index contributed by atoms with van der Waals surface area (Å²) in [6.07, 6.45) is -3.21. The minimum absolute atomic E-state index is 0.0133. The van der Waals surface area contributed by atoms with Crippen molar-refractivity contribution in [1.29, 1.82) is 0 Å². The average Bonchev–Trinajstić information content (AvgIpc) is 3.11. The molecule has 0 aliphatic carbocycles. The number of nitrogens with zero attached hydrogens (tertiary/aromatic N) is 1. The van der Waals surface area contributed by atoms with Gasteiger partial charge in [0, 0.05) is 18.2 Å². The largest absolute Gasteiger partial charge is 0.451 e. The Morgan fingerprint density at radius 3 is 2.59 bits per heavy atom. The van der Waals surface area contributed by atoms with Crippen molar-refractivity contribution in [3.05, 3.63) is 47.7 Å². The molecule has 0 unspecified atom stereocenters. The number of hydrogen-bond donors (Lipinski definition) is 1. The maximum Gasteiger partial charge on any atom is 0.416 e. The van der Waals surface area contributed by atoms with Gasteiger partial charge in [0.2, 0.25) is 5.91 Å². The van der Waals surface area contributed by atoms with Gasteiger partial charge in [0.1, 0.15) is 5.76 Å². The Morgan fingerprint density at radius 2 is 1.93 bits per heavy atom. The molecule has 1 aliphatic rings. The molecule has 2 N–H and O–H groups in total. The second kappa shape index (κ2) is 7.09. The third-order valence-electron chi connectivity index (χ3n) is 4.84. The molecule has 144 valence electrons. The first-order chi connectivity index (χ1) is 12.7. The van der Waals surface area contributed by atoms with Gasteiger partial charge < -0.3 is 15.1 Å². The van der Waals surface area contributed by atoms with Crippen molar-refractivity contribution in [2.24, 2.45) is 11.7 Å². The fourth-order valence-corrected chi connectivity index (χ4v) is 3.22. The molecule has 0 bridgehead atoms. The highest BCUT2D eigenvalue weighted by molar-refractivity contribution is 5.93. The Morgan fingerprint density at radius 1 is 1.19 bits per heavy atom. The average molecular weight is 380 g/mol. The Bertz CT molecular complexity index is 860. The molecule has 0 saturated carbocycles. The highest BCUT2D eigenvalue weighted by Gasteiger charge is 2.34. The highest BCUT2D eigenvalue weighted by atomic mass is 19.4. The predicted octanol–water partition coefficient (Wildman–Crippen LogP) is 3.69. The fourth-order valence-electron chi connectivity index (χ4n) is 3.22.